The first-order valence-corrected chi connectivity index (χ1v) is 10.8. The SMILES string of the molecule is Cc1cccc(C(=O)NCCCCCc2nc3ccccc3n2CCC(C)C)c1. The summed E-state index contributed by atoms with van der Waals surface area (Å²) in [5, 5.41) is 3.03. The molecule has 29 heavy (non-hydrogen) atoms. The van der Waals surface area contributed by atoms with E-state index in [2.05, 4.69) is 48.0 Å². The zero-order valence-corrected chi connectivity index (χ0v) is 17.9. The molecular weight excluding hydrogens is 358 g/mol. The number of amides is 1. The van der Waals surface area contributed by atoms with Crippen molar-refractivity contribution in [3.8, 4) is 0 Å². The lowest BCUT2D eigenvalue weighted by molar-refractivity contribution is 0.0953. The molecule has 3 rings (SSSR count). The van der Waals surface area contributed by atoms with E-state index >= 15 is 0 Å². The van der Waals surface area contributed by atoms with Gasteiger partial charge < -0.3 is 9.88 Å². The minimum Gasteiger partial charge on any atom is -0.352 e. The van der Waals surface area contributed by atoms with Gasteiger partial charge in [0.2, 0.25) is 0 Å². The van der Waals surface area contributed by atoms with E-state index in [1.165, 1.54) is 17.8 Å². The third-order valence-corrected chi connectivity index (χ3v) is 5.31. The summed E-state index contributed by atoms with van der Waals surface area (Å²) in [4.78, 5) is 17.1. The number of carbonyl (C=O) groups excluding carboxylic acids is 1. The van der Waals surface area contributed by atoms with E-state index in [0.717, 1.165) is 55.4 Å². The van der Waals surface area contributed by atoms with Gasteiger partial charge in [-0.15, -0.1) is 0 Å². The highest BCUT2D eigenvalue weighted by atomic mass is 16.1. The zero-order chi connectivity index (χ0) is 20.6. The van der Waals surface area contributed by atoms with Crippen LogP contribution in [-0.2, 0) is 13.0 Å². The molecule has 1 amide bonds. The number of hydrogen-bond donors (Lipinski definition) is 1. The van der Waals surface area contributed by atoms with Crippen LogP contribution >= 0.6 is 0 Å². The molecule has 154 valence electrons. The Morgan fingerprint density at radius 1 is 1.07 bits per heavy atom. The molecule has 0 radical (unpaired) electrons. The molecule has 2 aromatic carbocycles. The normalized spacial score (nSPS) is 11.3. The van der Waals surface area contributed by atoms with Crippen LogP contribution in [-0.4, -0.2) is 22.0 Å². The van der Waals surface area contributed by atoms with Crippen LogP contribution in [0.25, 0.3) is 11.0 Å². The van der Waals surface area contributed by atoms with Crippen molar-refractivity contribution >= 4 is 16.9 Å². The van der Waals surface area contributed by atoms with Crippen LogP contribution < -0.4 is 5.32 Å². The third kappa shape index (κ3) is 5.93. The number of nitrogens with zero attached hydrogens (tertiary/aromatic N) is 2. The lowest BCUT2D eigenvalue weighted by Crippen LogP contribution is -2.24. The molecular formula is C25H33N3O. The second kappa shape index (κ2) is 10.2. The minimum atomic E-state index is 0.0178. The van der Waals surface area contributed by atoms with Crippen LogP contribution in [0.2, 0.25) is 0 Å². The summed E-state index contributed by atoms with van der Waals surface area (Å²) < 4.78 is 2.40. The largest absolute Gasteiger partial charge is 0.352 e. The molecule has 4 heteroatoms. The van der Waals surface area contributed by atoms with Crippen LogP contribution in [0.1, 0.15) is 61.3 Å². The second-order valence-corrected chi connectivity index (χ2v) is 8.29. The molecule has 1 heterocycles. The van der Waals surface area contributed by atoms with Crippen molar-refractivity contribution in [1.82, 2.24) is 14.9 Å². The van der Waals surface area contributed by atoms with Gasteiger partial charge in [-0.05, 0) is 56.4 Å². The van der Waals surface area contributed by atoms with Crippen molar-refractivity contribution in [2.24, 2.45) is 5.92 Å². The van der Waals surface area contributed by atoms with Crippen molar-refractivity contribution in [2.75, 3.05) is 6.54 Å². The zero-order valence-electron chi connectivity index (χ0n) is 17.9. The Labute approximate surface area is 174 Å². The van der Waals surface area contributed by atoms with Gasteiger partial charge in [0.25, 0.3) is 5.91 Å². The van der Waals surface area contributed by atoms with Crippen LogP contribution in [0.4, 0.5) is 0 Å². The number of carbonyl (C=O) groups is 1. The summed E-state index contributed by atoms with van der Waals surface area (Å²) in [5.41, 5.74) is 4.19. The van der Waals surface area contributed by atoms with Gasteiger partial charge in [-0.3, -0.25) is 4.79 Å². The highest BCUT2D eigenvalue weighted by molar-refractivity contribution is 5.94. The molecule has 0 atom stereocenters. The lowest BCUT2D eigenvalue weighted by Gasteiger charge is -2.11. The molecule has 4 nitrogen and oxygen atoms in total. The monoisotopic (exact) mass is 391 g/mol. The Morgan fingerprint density at radius 2 is 1.90 bits per heavy atom. The van der Waals surface area contributed by atoms with E-state index in [4.69, 9.17) is 4.98 Å². The summed E-state index contributed by atoms with van der Waals surface area (Å²) in [6.45, 7) is 8.29. The Hall–Kier alpha value is -2.62. The Bertz CT molecular complexity index is 942. The molecule has 0 unspecified atom stereocenters. The molecule has 0 saturated carbocycles. The van der Waals surface area contributed by atoms with Crippen LogP contribution in [0, 0.1) is 12.8 Å². The number of aryl methyl sites for hydroxylation is 3. The Morgan fingerprint density at radius 3 is 2.69 bits per heavy atom. The fraction of sp³-hybridized carbons (Fsp3) is 0.440. The van der Waals surface area contributed by atoms with E-state index in [-0.39, 0.29) is 5.91 Å². The second-order valence-electron chi connectivity index (χ2n) is 8.29. The maximum atomic E-state index is 12.2. The number of para-hydroxylation sites is 2. The highest BCUT2D eigenvalue weighted by Gasteiger charge is 2.11. The Kier molecular flexibility index (Phi) is 7.45. The smallest absolute Gasteiger partial charge is 0.251 e. The van der Waals surface area contributed by atoms with Crippen molar-refractivity contribution in [1.29, 1.82) is 0 Å². The van der Waals surface area contributed by atoms with E-state index in [0.29, 0.717) is 5.92 Å². The predicted molar refractivity (Wildman–Crippen MR) is 120 cm³/mol. The maximum absolute atomic E-state index is 12.2. The molecule has 0 spiro atoms. The fourth-order valence-electron chi connectivity index (χ4n) is 3.63. The predicted octanol–water partition coefficient (Wildman–Crippen LogP) is 5.53. The molecule has 0 aliphatic carbocycles. The number of imidazole rings is 1. The van der Waals surface area contributed by atoms with Crippen molar-refractivity contribution < 1.29 is 4.79 Å². The van der Waals surface area contributed by atoms with Crippen molar-refractivity contribution in [2.45, 2.75) is 59.4 Å². The van der Waals surface area contributed by atoms with Gasteiger partial charge in [-0.1, -0.05) is 50.1 Å². The molecule has 0 saturated heterocycles. The van der Waals surface area contributed by atoms with Gasteiger partial charge in [0.05, 0.1) is 11.0 Å². The minimum absolute atomic E-state index is 0.0178. The van der Waals surface area contributed by atoms with Gasteiger partial charge in [-0.2, -0.15) is 0 Å². The van der Waals surface area contributed by atoms with E-state index in [9.17, 15) is 4.79 Å². The molecule has 0 aliphatic rings. The number of aromatic nitrogens is 2. The maximum Gasteiger partial charge on any atom is 0.251 e. The highest BCUT2D eigenvalue weighted by Crippen LogP contribution is 2.19. The van der Waals surface area contributed by atoms with Crippen LogP contribution in [0.5, 0.6) is 0 Å². The molecule has 0 aliphatic heterocycles. The number of fused-ring (bicyclic) bond motifs is 1. The van der Waals surface area contributed by atoms with E-state index in [1.54, 1.807) is 0 Å². The summed E-state index contributed by atoms with van der Waals surface area (Å²) >= 11 is 0. The molecule has 1 N–H and O–H groups in total. The number of rotatable bonds is 10. The third-order valence-electron chi connectivity index (χ3n) is 5.31. The standard InChI is InChI=1S/C25H33N3O/c1-19(2)15-17-28-23-13-7-6-12-22(23)27-24(28)14-5-4-8-16-26-25(29)21-11-9-10-20(3)18-21/h6-7,9-13,18-19H,4-5,8,14-17H2,1-3H3,(H,26,29). The van der Waals surface area contributed by atoms with Crippen molar-refractivity contribution in [3.05, 3.63) is 65.5 Å². The summed E-state index contributed by atoms with van der Waals surface area (Å²) in [7, 11) is 0. The van der Waals surface area contributed by atoms with Gasteiger partial charge >= 0.3 is 0 Å². The number of benzene rings is 2. The topological polar surface area (TPSA) is 46.9 Å². The van der Waals surface area contributed by atoms with Crippen LogP contribution in [0.15, 0.2) is 48.5 Å². The number of unbranched alkanes of at least 4 members (excludes halogenated alkanes) is 2. The summed E-state index contributed by atoms with van der Waals surface area (Å²) in [5.74, 6) is 1.89. The van der Waals surface area contributed by atoms with Gasteiger partial charge in [0.15, 0.2) is 0 Å². The average molecular weight is 392 g/mol. The molecule has 1 aromatic heterocycles. The van der Waals surface area contributed by atoms with Gasteiger partial charge in [0.1, 0.15) is 5.82 Å². The number of nitrogens with one attached hydrogen (secondary N) is 1. The first kappa shape index (κ1) is 21.1. The first-order chi connectivity index (χ1) is 14.0. The number of hydrogen-bond acceptors (Lipinski definition) is 2. The fourth-order valence-corrected chi connectivity index (χ4v) is 3.63. The lowest BCUT2D eigenvalue weighted by atomic mass is 10.1. The summed E-state index contributed by atoms with van der Waals surface area (Å²) in [6, 6.07) is 16.2. The van der Waals surface area contributed by atoms with Crippen molar-refractivity contribution in [3.63, 3.8) is 0 Å². The quantitative estimate of drug-likeness (QED) is 0.462. The molecule has 3 aromatic rings. The Balaban J connectivity index is 1.47. The van der Waals surface area contributed by atoms with E-state index < -0.39 is 0 Å². The average Bonchev–Trinajstić information content (AvgIpc) is 3.06. The van der Waals surface area contributed by atoms with Gasteiger partial charge in [0, 0.05) is 25.1 Å². The van der Waals surface area contributed by atoms with Gasteiger partial charge in [-0.25, -0.2) is 4.98 Å². The summed E-state index contributed by atoms with van der Waals surface area (Å²) in [6.07, 6.45) is 5.31. The molecule has 0 bridgehead atoms. The van der Waals surface area contributed by atoms with Crippen LogP contribution in [0.3, 0.4) is 0 Å². The first-order valence-electron chi connectivity index (χ1n) is 10.8. The van der Waals surface area contributed by atoms with E-state index in [1.807, 2.05) is 31.2 Å². The molecule has 0 fully saturated rings.